The normalized spacial score (nSPS) is 19.5. The first-order valence-electron chi connectivity index (χ1n) is 13.0. The Morgan fingerprint density at radius 3 is 2.46 bits per heavy atom. The third-order valence-corrected chi connectivity index (χ3v) is 7.56. The Morgan fingerprint density at radius 1 is 0.973 bits per heavy atom. The van der Waals surface area contributed by atoms with Gasteiger partial charge in [-0.15, -0.1) is 0 Å². The molecule has 1 saturated heterocycles. The molecule has 7 heteroatoms. The van der Waals surface area contributed by atoms with E-state index in [1.807, 2.05) is 60.7 Å². The van der Waals surface area contributed by atoms with Crippen LogP contribution in [0.5, 0.6) is 0 Å². The highest BCUT2D eigenvalue weighted by Crippen LogP contribution is 2.45. The lowest BCUT2D eigenvalue weighted by molar-refractivity contribution is 0.0929. The minimum absolute atomic E-state index is 0.112. The molecule has 3 aliphatic rings. The lowest BCUT2D eigenvalue weighted by Gasteiger charge is -2.33. The number of amidine groups is 1. The van der Waals surface area contributed by atoms with Gasteiger partial charge in [0.15, 0.2) is 0 Å². The van der Waals surface area contributed by atoms with Gasteiger partial charge in [0.2, 0.25) is 0 Å². The maximum absolute atomic E-state index is 13.2. The van der Waals surface area contributed by atoms with E-state index >= 15 is 0 Å². The van der Waals surface area contributed by atoms with Gasteiger partial charge in [0.25, 0.3) is 11.8 Å². The third-order valence-electron chi connectivity index (χ3n) is 7.56. The van der Waals surface area contributed by atoms with Gasteiger partial charge in [-0.25, -0.2) is 0 Å². The smallest absolute Gasteiger partial charge is 0.256 e. The number of carbonyl (C=O) groups is 2. The number of nitrogens with zero attached hydrogens (tertiary/aromatic N) is 2. The number of rotatable bonds is 5. The van der Waals surface area contributed by atoms with Crippen LogP contribution in [0.4, 0.5) is 5.69 Å². The predicted octanol–water partition coefficient (Wildman–Crippen LogP) is 3.59. The second-order valence-electron chi connectivity index (χ2n) is 10.2. The Kier molecular flexibility index (Phi) is 6.00. The monoisotopic (exact) mass is 493 g/mol. The number of amides is 2. The van der Waals surface area contributed by atoms with Crippen LogP contribution in [0.15, 0.2) is 77.8 Å². The first-order valence-corrected chi connectivity index (χ1v) is 13.0. The quantitative estimate of drug-likeness (QED) is 0.507. The van der Waals surface area contributed by atoms with Gasteiger partial charge in [-0.05, 0) is 67.3 Å². The molecule has 0 unspecified atom stereocenters. The number of hydrogen-bond donors (Lipinski definition) is 3. The van der Waals surface area contributed by atoms with Crippen molar-refractivity contribution < 1.29 is 9.59 Å². The Labute approximate surface area is 217 Å². The van der Waals surface area contributed by atoms with Crippen LogP contribution >= 0.6 is 0 Å². The zero-order chi connectivity index (χ0) is 25.4. The number of aliphatic imine (C=N–C) groups is 1. The predicted molar refractivity (Wildman–Crippen MR) is 145 cm³/mol. The molecule has 1 aliphatic carbocycles. The molecule has 1 saturated carbocycles. The van der Waals surface area contributed by atoms with Crippen molar-refractivity contribution >= 4 is 23.3 Å². The molecule has 0 spiro atoms. The van der Waals surface area contributed by atoms with E-state index in [1.54, 1.807) is 0 Å². The van der Waals surface area contributed by atoms with Crippen molar-refractivity contribution in [1.29, 1.82) is 0 Å². The maximum atomic E-state index is 13.2. The Bertz CT molecular complexity index is 1360. The molecule has 188 valence electrons. The van der Waals surface area contributed by atoms with E-state index in [-0.39, 0.29) is 17.4 Å². The van der Waals surface area contributed by atoms with E-state index in [0.29, 0.717) is 29.5 Å². The summed E-state index contributed by atoms with van der Waals surface area (Å²) in [6.45, 7) is 5.51. The van der Waals surface area contributed by atoms with Gasteiger partial charge >= 0.3 is 0 Å². The fourth-order valence-electron chi connectivity index (χ4n) is 5.26. The Balaban J connectivity index is 1.13. The first kappa shape index (κ1) is 23.4. The minimum atomic E-state index is -0.280. The molecule has 3 aromatic carbocycles. The first-order chi connectivity index (χ1) is 18.0. The van der Waals surface area contributed by atoms with E-state index in [9.17, 15) is 9.59 Å². The van der Waals surface area contributed by atoms with Crippen molar-refractivity contribution in [2.24, 2.45) is 4.99 Å². The summed E-state index contributed by atoms with van der Waals surface area (Å²) >= 11 is 0. The summed E-state index contributed by atoms with van der Waals surface area (Å²) < 4.78 is 0. The summed E-state index contributed by atoms with van der Waals surface area (Å²) in [7, 11) is 0. The molecule has 7 nitrogen and oxygen atoms in total. The standard InChI is InChI=1S/C30H31N5O2/c1-20-19-35(16-15-31-20)25-11-9-21(10-12-25)28(36)33-27-26-17-22(7-8-23(26)18-32-27)29(37)34-30(13-14-30)24-5-3-2-4-6-24/h2-12,17,20,31H,13-16,18-19H2,1H3,(H,34,37)(H,32,33,36)/t20-/m1/s1. The SMILES string of the molecule is C[C@@H]1CN(c2ccc(C(=O)NC3=NCc4ccc(C(=O)NC5(c6ccccc6)CC5)cc43)cc2)CCN1. The zero-order valence-electron chi connectivity index (χ0n) is 21.0. The third kappa shape index (κ3) is 4.74. The molecule has 3 aromatic rings. The van der Waals surface area contributed by atoms with E-state index in [1.165, 1.54) is 0 Å². The Hall–Kier alpha value is -3.97. The van der Waals surface area contributed by atoms with Gasteiger partial charge in [0, 0.05) is 48.1 Å². The van der Waals surface area contributed by atoms with Gasteiger partial charge < -0.3 is 20.9 Å². The largest absolute Gasteiger partial charge is 0.369 e. The minimum Gasteiger partial charge on any atom is -0.369 e. The number of anilines is 1. The summed E-state index contributed by atoms with van der Waals surface area (Å²) in [5, 5.41) is 9.65. The topological polar surface area (TPSA) is 85.8 Å². The molecule has 1 atom stereocenters. The Morgan fingerprint density at radius 2 is 1.73 bits per heavy atom. The van der Waals surface area contributed by atoms with Crippen molar-refractivity contribution in [3.8, 4) is 0 Å². The lowest BCUT2D eigenvalue weighted by Crippen LogP contribution is -2.49. The summed E-state index contributed by atoms with van der Waals surface area (Å²) in [5.74, 6) is 0.195. The molecule has 0 bridgehead atoms. The van der Waals surface area contributed by atoms with Crippen molar-refractivity contribution in [3.63, 3.8) is 0 Å². The van der Waals surface area contributed by atoms with Crippen molar-refractivity contribution in [3.05, 3.63) is 101 Å². The molecule has 3 N–H and O–H groups in total. The highest BCUT2D eigenvalue weighted by Gasteiger charge is 2.45. The van der Waals surface area contributed by atoms with Gasteiger partial charge in [0.1, 0.15) is 5.84 Å². The average molecular weight is 494 g/mol. The molecular formula is C30H31N5O2. The highest BCUT2D eigenvalue weighted by molar-refractivity contribution is 6.15. The van der Waals surface area contributed by atoms with Crippen molar-refractivity contribution in [2.75, 3.05) is 24.5 Å². The number of piperazine rings is 1. The summed E-state index contributed by atoms with van der Waals surface area (Å²) in [6, 6.07) is 23.9. The van der Waals surface area contributed by atoms with Crippen LogP contribution in [0.1, 0.15) is 57.2 Å². The highest BCUT2D eigenvalue weighted by atomic mass is 16.2. The average Bonchev–Trinajstić information content (AvgIpc) is 3.61. The molecule has 2 heterocycles. The van der Waals surface area contributed by atoms with E-state index in [4.69, 9.17) is 0 Å². The van der Waals surface area contributed by atoms with Crippen LogP contribution in [-0.4, -0.2) is 43.3 Å². The molecule has 2 aliphatic heterocycles. The molecule has 0 radical (unpaired) electrons. The zero-order valence-corrected chi connectivity index (χ0v) is 21.0. The number of benzene rings is 3. The van der Waals surface area contributed by atoms with Crippen molar-refractivity contribution in [1.82, 2.24) is 16.0 Å². The van der Waals surface area contributed by atoms with Crippen LogP contribution in [0.25, 0.3) is 0 Å². The van der Waals surface area contributed by atoms with Gasteiger partial charge in [-0.3, -0.25) is 14.6 Å². The van der Waals surface area contributed by atoms with Gasteiger partial charge in [0.05, 0.1) is 12.1 Å². The van der Waals surface area contributed by atoms with E-state index < -0.39 is 0 Å². The van der Waals surface area contributed by atoms with Gasteiger partial charge in [-0.2, -0.15) is 0 Å². The van der Waals surface area contributed by atoms with Crippen molar-refractivity contribution in [2.45, 2.75) is 37.9 Å². The molecule has 37 heavy (non-hydrogen) atoms. The summed E-state index contributed by atoms with van der Waals surface area (Å²) in [4.78, 5) is 33.1. The second kappa shape index (κ2) is 9.48. The van der Waals surface area contributed by atoms with Crippen LogP contribution in [0.3, 0.4) is 0 Å². The summed E-state index contributed by atoms with van der Waals surface area (Å²) in [6.07, 6.45) is 1.87. The van der Waals surface area contributed by atoms with Gasteiger partial charge in [-0.1, -0.05) is 36.4 Å². The number of hydrogen-bond acceptors (Lipinski definition) is 5. The van der Waals surface area contributed by atoms with E-state index in [0.717, 1.165) is 54.9 Å². The number of nitrogens with one attached hydrogen (secondary N) is 3. The number of fused-ring (bicyclic) bond motifs is 1. The number of carbonyl (C=O) groups excluding carboxylic acids is 2. The fourth-order valence-corrected chi connectivity index (χ4v) is 5.26. The lowest BCUT2D eigenvalue weighted by atomic mass is 10.0. The molecule has 6 rings (SSSR count). The molecular weight excluding hydrogens is 462 g/mol. The van der Waals surface area contributed by atoms with Crippen LogP contribution in [0.2, 0.25) is 0 Å². The summed E-state index contributed by atoms with van der Waals surface area (Å²) in [5.41, 5.74) is 4.92. The fraction of sp³-hybridized carbons (Fsp3) is 0.300. The van der Waals surface area contributed by atoms with Crippen LogP contribution in [0, 0.1) is 0 Å². The molecule has 2 fully saturated rings. The second-order valence-corrected chi connectivity index (χ2v) is 10.2. The van der Waals surface area contributed by atoms with Crippen LogP contribution in [-0.2, 0) is 12.1 Å². The van der Waals surface area contributed by atoms with E-state index in [2.05, 4.69) is 44.9 Å². The molecule has 0 aromatic heterocycles. The maximum Gasteiger partial charge on any atom is 0.256 e. The van der Waals surface area contributed by atoms with Crippen LogP contribution < -0.4 is 20.9 Å². The molecule has 2 amide bonds.